The lowest BCUT2D eigenvalue weighted by atomic mass is 9.94. The van der Waals surface area contributed by atoms with Gasteiger partial charge in [-0.1, -0.05) is 19.4 Å². The van der Waals surface area contributed by atoms with E-state index in [1.807, 2.05) is 0 Å². The van der Waals surface area contributed by atoms with Gasteiger partial charge in [-0.15, -0.1) is 0 Å². The van der Waals surface area contributed by atoms with Gasteiger partial charge in [0.05, 0.1) is 4.92 Å². The number of nitro groups is 1. The Labute approximate surface area is 124 Å². The van der Waals surface area contributed by atoms with Crippen molar-refractivity contribution >= 4 is 17.3 Å². The molecule has 1 N–H and O–H groups in total. The molecule has 6 nitrogen and oxygen atoms in total. The maximum atomic E-state index is 12.6. The summed E-state index contributed by atoms with van der Waals surface area (Å²) in [5.74, 6) is 0.418. The lowest BCUT2D eigenvalue weighted by Crippen LogP contribution is -2.38. The van der Waals surface area contributed by atoms with Crippen LogP contribution in [0, 0.1) is 16.0 Å². The minimum atomic E-state index is -0.488. The van der Waals surface area contributed by atoms with E-state index < -0.39 is 4.92 Å². The lowest BCUT2D eigenvalue weighted by molar-refractivity contribution is -0.384. The second kappa shape index (κ2) is 6.56. The number of nitrogens with one attached hydrogen (secondary N) is 1. The molecule has 6 heteroatoms. The van der Waals surface area contributed by atoms with Gasteiger partial charge in [-0.25, -0.2) is 0 Å². The Morgan fingerprint density at radius 1 is 1.43 bits per heavy atom. The van der Waals surface area contributed by atoms with Crippen LogP contribution in [0.15, 0.2) is 18.2 Å². The summed E-state index contributed by atoms with van der Waals surface area (Å²) in [4.78, 5) is 25.1. The van der Waals surface area contributed by atoms with Crippen molar-refractivity contribution in [1.29, 1.82) is 0 Å². The highest BCUT2D eigenvalue weighted by Crippen LogP contribution is 2.30. The van der Waals surface area contributed by atoms with Crippen LogP contribution < -0.4 is 5.32 Å². The molecule has 0 bridgehead atoms. The van der Waals surface area contributed by atoms with E-state index in [9.17, 15) is 14.9 Å². The zero-order valence-corrected chi connectivity index (χ0v) is 12.5. The fraction of sp³-hybridized carbons (Fsp3) is 0.533. The number of para-hydroxylation sites is 1. The largest absolute Gasteiger partial charge is 0.383 e. The van der Waals surface area contributed by atoms with Crippen molar-refractivity contribution in [2.24, 2.45) is 5.92 Å². The monoisotopic (exact) mass is 291 g/mol. The number of piperidine rings is 1. The van der Waals surface area contributed by atoms with Crippen LogP contribution in [-0.4, -0.2) is 35.9 Å². The normalized spacial score (nSPS) is 15.8. The number of anilines is 1. The van der Waals surface area contributed by atoms with Crippen molar-refractivity contribution in [2.75, 3.05) is 25.5 Å². The standard InChI is InChI=1S/C15H21N3O3/c1-3-11-7-9-17(10-8-11)15(19)12-5-4-6-13(16-2)14(12)18(20)21/h4-6,11,16H,3,7-10H2,1-2H3. The Balaban J connectivity index is 2.26. The predicted octanol–water partition coefficient (Wildman–Crippen LogP) is 2.90. The quantitative estimate of drug-likeness (QED) is 0.683. The minimum Gasteiger partial charge on any atom is -0.383 e. The van der Waals surface area contributed by atoms with Gasteiger partial charge in [0.2, 0.25) is 0 Å². The number of carbonyl (C=O) groups is 1. The SMILES string of the molecule is CCC1CCN(C(=O)c2cccc(NC)c2[N+](=O)[O-])CC1. The number of carbonyl (C=O) groups excluding carboxylic acids is 1. The van der Waals surface area contributed by atoms with Crippen molar-refractivity contribution in [2.45, 2.75) is 26.2 Å². The minimum absolute atomic E-state index is 0.136. The molecule has 1 aromatic carbocycles. The smallest absolute Gasteiger partial charge is 0.305 e. The molecule has 2 rings (SSSR count). The highest BCUT2D eigenvalue weighted by Gasteiger charge is 2.29. The Hall–Kier alpha value is -2.11. The fourth-order valence-corrected chi connectivity index (χ4v) is 2.83. The summed E-state index contributed by atoms with van der Waals surface area (Å²) in [5.41, 5.74) is 0.402. The van der Waals surface area contributed by atoms with Crippen molar-refractivity contribution in [1.82, 2.24) is 4.90 Å². The Bertz CT molecular complexity index is 537. The van der Waals surface area contributed by atoms with E-state index in [0.29, 0.717) is 24.7 Å². The summed E-state index contributed by atoms with van der Waals surface area (Å²) >= 11 is 0. The van der Waals surface area contributed by atoms with E-state index >= 15 is 0 Å². The van der Waals surface area contributed by atoms with E-state index in [1.54, 1.807) is 24.1 Å². The first-order valence-electron chi connectivity index (χ1n) is 7.32. The van der Waals surface area contributed by atoms with Crippen LogP contribution in [0.3, 0.4) is 0 Å². The summed E-state index contributed by atoms with van der Waals surface area (Å²) in [6.07, 6.45) is 3.07. The van der Waals surface area contributed by atoms with Gasteiger partial charge in [0.15, 0.2) is 0 Å². The number of nitrogens with zero attached hydrogens (tertiary/aromatic N) is 2. The highest BCUT2D eigenvalue weighted by atomic mass is 16.6. The zero-order valence-electron chi connectivity index (χ0n) is 12.5. The molecule has 1 aromatic rings. The predicted molar refractivity (Wildman–Crippen MR) is 81.6 cm³/mol. The Kier molecular flexibility index (Phi) is 4.77. The molecular formula is C15H21N3O3. The molecule has 1 heterocycles. The van der Waals surface area contributed by atoms with Crippen LogP contribution in [0.25, 0.3) is 0 Å². The third-order valence-corrected chi connectivity index (χ3v) is 4.20. The van der Waals surface area contributed by atoms with Crippen LogP contribution in [0.1, 0.15) is 36.5 Å². The van der Waals surface area contributed by atoms with Gasteiger partial charge in [0.1, 0.15) is 11.3 Å². The van der Waals surface area contributed by atoms with Crippen LogP contribution in [0.4, 0.5) is 11.4 Å². The number of likely N-dealkylation sites (tertiary alicyclic amines) is 1. The summed E-state index contributed by atoms with van der Waals surface area (Å²) in [6.45, 7) is 3.51. The first-order chi connectivity index (χ1) is 10.1. The number of hydrogen-bond donors (Lipinski definition) is 1. The molecule has 1 fully saturated rings. The highest BCUT2D eigenvalue weighted by molar-refractivity contribution is 6.00. The van der Waals surface area contributed by atoms with E-state index in [2.05, 4.69) is 12.2 Å². The first kappa shape index (κ1) is 15.3. The number of benzene rings is 1. The van der Waals surface area contributed by atoms with Gasteiger partial charge < -0.3 is 10.2 Å². The van der Waals surface area contributed by atoms with Crippen molar-refractivity contribution in [3.8, 4) is 0 Å². The fourth-order valence-electron chi connectivity index (χ4n) is 2.83. The second-order valence-corrected chi connectivity index (χ2v) is 5.35. The number of hydrogen-bond acceptors (Lipinski definition) is 4. The summed E-state index contributed by atoms with van der Waals surface area (Å²) in [5, 5.41) is 14.1. The molecule has 114 valence electrons. The number of amides is 1. The Morgan fingerprint density at radius 3 is 2.62 bits per heavy atom. The van der Waals surface area contributed by atoms with Crippen LogP contribution >= 0.6 is 0 Å². The second-order valence-electron chi connectivity index (χ2n) is 5.35. The molecule has 0 spiro atoms. The third-order valence-electron chi connectivity index (χ3n) is 4.20. The summed E-state index contributed by atoms with van der Waals surface area (Å²) < 4.78 is 0. The molecule has 1 aliphatic rings. The van der Waals surface area contributed by atoms with E-state index in [1.165, 1.54) is 6.07 Å². The van der Waals surface area contributed by atoms with Gasteiger partial charge in [0.25, 0.3) is 5.91 Å². The van der Waals surface area contributed by atoms with Crippen molar-refractivity contribution in [3.63, 3.8) is 0 Å². The van der Waals surface area contributed by atoms with Crippen LogP contribution in [0.5, 0.6) is 0 Å². The first-order valence-corrected chi connectivity index (χ1v) is 7.32. The number of nitro benzene ring substituents is 1. The molecular weight excluding hydrogens is 270 g/mol. The lowest BCUT2D eigenvalue weighted by Gasteiger charge is -2.31. The number of rotatable bonds is 4. The maximum absolute atomic E-state index is 12.6. The molecule has 21 heavy (non-hydrogen) atoms. The zero-order chi connectivity index (χ0) is 15.4. The molecule has 0 unspecified atom stereocenters. The Morgan fingerprint density at radius 2 is 2.10 bits per heavy atom. The average Bonchev–Trinajstić information content (AvgIpc) is 2.53. The van der Waals surface area contributed by atoms with Crippen LogP contribution in [0.2, 0.25) is 0 Å². The summed E-state index contributed by atoms with van der Waals surface area (Å²) in [6, 6.07) is 4.82. The van der Waals surface area contributed by atoms with Crippen molar-refractivity contribution in [3.05, 3.63) is 33.9 Å². The average molecular weight is 291 g/mol. The van der Waals surface area contributed by atoms with Gasteiger partial charge in [-0.05, 0) is 30.9 Å². The van der Waals surface area contributed by atoms with Crippen LogP contribution in [-0.2, 0) is 0 Å². The van der Waals surface area contributed by atoms with Gasteiger partial charge in [-0.2, -0.15) is 0 Å². The van der Waals surface area contributed by atoms with Gasteiger partial charge in [-0.3, -0.25) is 14.9 Å². The maximum Gasteiger partial charge on any atom is 0.305 e. The molecule has 1 aliphatic heterocycles. The van der Waals surface area contributed by atoms with Gasteiger partial charge in [0, 0.05) is 20.1 Å². The molecule has 0 aliphatic carbocycles. The topological polar surface area (TPSA) is 75.5 Å². The van der Waals surface area contributed by atoms with Crippen molar-refractivity contribution < 1.29 is 9.72 Å². The molecule has 0 saturated carbocycles. The van der Waals surface area contributed by atoms with E-state index in [-0.39, 0.29) is 17.2 Å². The molecule has 1 saturated heterocycles. The molecule has 0 atom stereocenters. The summed E-state index contributed by atoms with van der Waals surface area (Å²) in [7, 11) is 1.61. The molecule has 0 aromatic heterocycles. The molecule has 1 amide bonds. The molecule has 0 radical (unpaired) electrons. The van der Waals surface area contributed by atoms with Gasteiger partial charge >= 0.3 is 5.69 Å². The third kappa shape index (κ3) is 3.15. The van der Waals surface area contributed by atoms with E-state index in [4.69, 9.17) is 0 Å². The van der Waals surface area contributed by atoms with E-state index in [0.717, 1.165) is 19.3 Å².